The molecule has 2 rings (SSSR count). The van der Waals surface area contributed by atoms with Gasteiger partial charge in [-0.05, 0) is 31.4 Å². The van der Waals surface area contributed by atoms with Crippen molar-refractivity contribution in [1.29, 1.82) is 0 Å². The van der Waals surface area contributed by atoms with Gasteiger partial charge in [-0.3, -0.25) is 4.98 Å². The summed E-state index contributed by atoms with van der Waals surface area (Å²) in [4.78, 5) is 4.43. The molecule has 18 heavy (non-hydrogen) atoms. The number of aryl methyl sites for hydroxylation is 1. The van der Waals surface area contributed by atoms with Crippen molar-refractivity contribution in [2.45, 2.75) is 26.2 Å². The maximum Gasteiger partial charge on any atom is 0.0751 e. The van der Waals surface area contributed by atoms with E-state index < -0.39 is 0 Å². The third kappa shape index (κ3) is 2.81. The van der Waals surface area contributed by atoms with Crippen LogP contribution in [0.25, 0.3) is 10.9 Å². The molecule has 2 aromatic rings. The smallest absolute Gasteiger partial charge is 0.0751 e. The molecule has 0 atom stereocenters. The van der Waals surface area contributed by atoms with Crippen molar-refractivity contribution in [2.75, 3.05) is 11.9 Å². The van der Waals surface area contributed by atoms with E-state index >= 15 is 0 Å². The van der Waals surface area contributed by atoms with Gasteiger partial charge in [-0.2, -0.15) is 0 Å². The van der Waals surface area contributed by atoms with Crippen LogP contribution >= 0.6 is 0 Å². The Labute approximate surface area is 108 Å². The zero-order valence-corrected chi connectivity index (χ0v) is 10.7. The average molecular weight is 238 g/mol. The summed E-state index contributed by atoms with van der Waals surface area (Å²) in [6, 6.07) is 8.30. The first kappa shape index (κ1) is 12.4. The number of nitrogens with one attached hydrogen (secondary N) is 1. The summed E-state index contributed by atoms with van der Waals surface area (Å²) in [5, 5.41) is 4.65. The van der Waals surface area contributed by atoms with Crippen LogP contribution < -0.4 is 5.32 Å². The molecule has 1 aromatic heterocycles. The molecule has 1 heterocycles. The lowest BCUT2D eigenvalue weighted by Gasteiger charge is -2.10. The Morgan fingerprint density at radius 2 is 2.17 bits per heavy atom. The average Bonchev–Trinajstić information content (AvgIpc) is 2.39. The molecule has 1 aromatic carbocycles. The van der Waals surface area contributed by atoms with Crippen molar-refractivity contribution in [1.82, 2.24) is 4.98 Å². The number of anilines is 1. The van der Waals surface area contributed by atoms with Gasteiger partial charge in [0.1, 0.15) is 0 Å². The van der Waals surface area contributed by atoms with Crippen molar-refractivity contribution < 1.29 is 0 Å². The highest BCUT2D eigenvalue weighted by atomic mass is 14.9. The van der Waals surface area contributed by atoms with Crippen LogP contribution in [0.2, 0.25) is 0 Å². The van der Waals surface area contributed by atoms with Crippen LogP contribution in [0.15, 0.2) is 30.5 Å². The Kier molecular flexibility index (Phi) is 4.20. The Morgan fingerprint density at radius 3 is 3.00 bits per heavy atom. The summed E-state index contributed by atoms with van der Waals surface area (Å²) in [6.45, 7) is 3.04. The zero-order valence-electron chi connectivity index (χ0n) is 10.7. The van der Waals surface area contributed by atoms with Crippen LogP contribution in [-0.2, 0) is 0 Å². The molecule has 0 saturated heterocycles. The van der Waals surface area contributed by atoms with Crippen LogP contribution in [0.5, 0.6) is 0 Å². The summed E-state index contributed by atoms with van der Waals surface area (Å²) in [5.41, 5.74) is 3.44. The number of terminal acetylenes is 1. The number of para-hydroxylation sites is 1. The monoisotopic (exact) mass is 238 g/mol. The molecular formula is C16H18N2. The summed E-state index contributed by atoms with van der Waals surface area (Å²) >= 11 is 0. The van der Waals surface area contributed by atoms with Crippen molar-refractivity contribution >= 4 is 16.6 Å². The molecule has 0 unspecified atom stereocenters. The van der Waals surface area contributed by atoms with E-state index in [-0.39, 0.29) is 0 Å². The number of benzene rings is 1. The van der Waals surface area contributed by atoms with Gasteiger partial charge in [0.25, 0.3) is 0 Å². The summed E-state index contributed by atoms with van der Waals surface area (Å²) in [5.74, 6) is 2.67. The molecule has 0 bridgehead atoms. The lowest BCUT2D eigenvalue weighted by molar-refractivity contribution is 0.790. The number of fused-ring (bicyclic) bond motifs is 1. The van der Waals surface area contributed by atoms with E-state index in [1.165, 1.54) is 10.9 Å². The predicted molar refractivity (Wildman–Crippen MR) is 77.7 cm³/mol. The maximum absolute atomic E-state index is 5.23. The fraction of sp³-hybridized carbons (Fsp3) is 0.312. The molecule has 0 radical (unpaired) electrons. The largest absolute Gasteiger partial charge is 0.384 e. The van der Waals surface area contributed by atoms with E-state index in [4.69, 9.17) is 6.42 Å². The van der Waals surface area contributed by atoms with Crippen molar-refractivity contribution in [3.63, 3.8) is 0 Å². The minimum absolute atomic E-state index is 0.859. The minimum Gasteiger partial charge on any atom is -0.384 e. The van der Waals surface area contributed by atoms with Gasteiger partial charge in [0.2, 0.25) is 0 Å². The van der Waals surface area contributed by atoms with Gasteiger partial charge in [-0.15, -0.1) is 12.3 Å². The lowest BCUT2D eigenvalue weighted by atomic mass is 10.1. The molecule has 92 valence electrons. The Hall–Kier alpha value is -2.01. The number of pyridine rings is 1. The standard InChI is InChI=1S/C16H18N2/c1-3-4-5-6-11-17-15-10-12-18-16-13(2)8-7-9-14(15)16/h1,7-10,12H,4-6,11H2,2H3,(H,17,18). The number of hydrogen-bond acceptors (Lipinski definition) is 2. The SMILES string of the molecule is C#CCCCCNc1ccnc2c(C)cccc12. The lowest BCUT2D eigenvalue weighted by Crippen LogP contribution is -2.02. The van der Waals surface area contributed by atoms with Gasteiger partial charge in [0, 0.05) is 30.2 Å². The quantitative estimate of drug-likeness (QED) is 0.633. The van der Waals surface area contributed by atoms with Gasteiger partial charge >= 0.3 is 0 Å². The number of hydrogen-bond donors (Lipinski definition) is 1. The second-order valence-corrected chi connectivity index (χ2v) is 4.42. The van der Waals surface area contributed by atoms with Crippen LogP contribution in [0.4, 0.5) is 5.69 Å². The summed E-state index contributed by atoms with van der Waals surface area (Å²) in [7, 11) is 0. The molecule has 2 heteroatoms. The third-order valence-electron chi connectivity index (χ3n) is 3.04. The molecule has 1 N–H and O–H groups in total. The van der Waals surface area contributed by atoms with E-state index in [0.29, 0.717) is 0 Å². The maximum atomic E-state index is 5.23. The molecule has 0 amide bonds. The summed E-state index contributed by atoms with van der Waals surface area (Å²) < 4.78 is 0. The van der Waals surface area contributed by atoms with Crippen LogP contribution in [0.3, 0.4) is 0 Å². The molecule has 0 spiro atoms. The first-order valence-electron chi connectivity index (χ1n) is 6.34. The normalized spacial score (nSPS) is 10.2. The van der Waals surface area contributed by atoms with E-state index in [2.05, 4.69) is 41.3 Å². The molecular weight excluding hydrogens is 220 g/mol. The van der Waals surface area contributed by atoms with Crippen LogP contribution in [0.1, 0.15) is 24.8 Å². The fourth-order valence-corrected chi connectivity index (χ4v) is 2.05. The second-order valence-electron chi connectivity index (χ2n) is 4.42. The Morgan fingerprint density at radius 1 is 1.28 bits per heavy atom. The van der Waals surface area contributed by atoms with Gasteiger partial charge < -0.3 is 5.32 Å². The molecule has 0 aliphatic rings. The molecule has 0 saturated carbocycles. The van der Waals surface area contributed by atoms with Crippen LogP contribution in [-0.4, -0.2) is 11.5 Å². The van der Waals surface area contributed by atoms with Crippen molar-refractivity contribution in [3.8, 4) is 12.3 Å². The zero-order chi connectivity index (χ0) is 12.8. The molecule has 0 aliphatic heterocycles. The minimum atomic E-state index is 0.859. The van der Waals surface area contributed by atoms with Gasteiger partial charge in [0.05, 0.1) is 5.52 Å². The van der Waals surface area contributed by atoms with Gasteiger partial charge in [-0.1, -0.05) is 18.2 Å². The third-order valence-corrected chi connectivity index (χ3v) is 3.04. The summed E-state index contributed by atoms with van der Waals surface area (Å²) in [6.07, 6.45) is 10.1. The number of nitrogens with zero attached hydrogens (tertiary/aromatic N) is 1. The number of aromatic nitrogens is 1. The Bertz CT molecular complexity index is 567. The van der Waals surface area contributed by atoms with E-state index in [0.717, 1.165) is 37.0 Å². The van der Waals surface area contributed by atoms with Crippen molar-refractivity contribution in [3.05, 3.63) is 36.0 Å². The number of rotatable bonds is 5. The van der Waals surface area contributed by atoms with Gasteiger partial charge in [0.15, 0.2) is 0 Å². The first-order valence-corrected chi connectivity index (χ1v) is 6.34. The van der Waals surface area contributed by atoms with Gasteiger partial charge in [-0.25, -0.2) is 0 Å². The predicted octanol–water partition coefficient (Wildman–Crippen LogP) is 3.76. The highest BCUT2D eigenvalue weighted by molar-refractivity contribution is 5.92. The topological polar surface area (TPSA) is 24.9 Å². The van der Waals surface area contributed by atoms with E-state index in [9.17, 15) is 0 Å². The fourth-order valence-electron chi connectivity index (χ4n) is 2.05. The van der Waals surface area contributed by atoms with Crippen LogP contribution in [0, 0.1) is 19.3 Å². The second kappa shape index (κ2) is 6.07. The molecule has 0 fully saturated rings. The highest BCUT2D eigenvalue weighted by Crippen LogP contribution is 2.23. The first-order chi connectivity index (χ1) is 8.83. The molecule has 0 aliphatic carbocycles. The highest BCUT2D eigenvalue weighted by Gasteiger charge is 2.02. The Balaban J connectivity index is 2.09. The van der Waals surface area contributed by atoms with E-state index in [1.807, 2.05) is 12.3 Å². The number of unbranched alkanes of at least 4 members (excludes halogenated alkanes) is 2. The van der Waals surface area contributed by atoms with E-state index in [1.54, 1.807) is 0 Å². The molecule has 2 nitrogen and oxygen atoms in total. The van der Waals surface area contributed by atoms with Crippen molar-refractivity contribution in [2.24, 2.45) is 0 Å².